The van der Waals surface area contributed by atoms with Gasteiger partial charge in [0, 0.05) is 12.1 Å². The van der Waals surface area contributed by atoms with Gasteiger partial charge in [-0.05, 0) is 12.1 Å². The molecule has 0 spiro atoms. The van der Waals surface area contributed by atoms with E-state index in [1.165, 1.54) is 0 Å². The highest BCUT2D eigenvalue weighted by Gasteiger charge is 2.37. The molecule has 2 heterocycles. The fourth-order valence-corrected chi connectivity index (χ4v) is 2.14. The lowest BCUT2D eigenvalue weighted by Crippen LogP contribution is -2.26. The smallest absolute Gasteiger partial charge is 0.348 e. The number of anilines is 1. The summed E-state index contributed by atoms with van der Waals surface area (Å²) < 4.78 is 14.9. The lowest BCUT2D eigenvalue weighted by molar-refractivity contribution is -0.157. The lowest BCUT2D eigenvalue weighted by Gasteiger charge is -2.10. The van der Waals surface area contributed by atoms with Crippen LogP contribution in [0.5, 0.6) is 0 Å². The van der Waals surface area contributed by atoms with E-state index < -0.39 is 23.8 Å². The Morgan fingerprint density at radius 3 is 2.64 bits per heavy atom. The first-order chi connectivity index (χ1) is 10.6. The van der Waals surface area contributed by atoms with Crippen molar-refractivity contribution in [1.82, 2.24) is 0 Å². The zero-order valence-electron chi connectivity index (χ0n) is 11.5. The summed E-state index contributed by atoms with van der Waals surface area (Å²) >= 11 is 0. The molecule has 1 saturated heterocycles. The average molecular weight is 303 g/mol. The van der Waals surface area contributed by atoms with E-state index in [2.05, 4.69) is 5.32 Å². The van der Waals surface area contributed by atoms with Crippen molar-refractivity contribution in [3.8, 4) is 0 Å². The van der Waals surface area contributed by atoms with E-state index in [-0.39, 0.29) is 31.1 Å². The second-order valence-corrected chi connectivity index (χ2v) is 4.76. The molecule has 1 N–H and O–H groups in total. The molecule has 3 rings (SSSR count). The van der Waals surface area contributed by atoms with E-state index in [0.29, 0.717) is 5.69 Å². The van der Waals surface area contributed by atoms with Crippen molar-refractivity contribution in [1.29, 1.82) is 0 Å². The predicted molar refractivity (Wildman–Crippen MR) is 73.5 cm³/mol. The summed E-state index contributed by atoms with van der Waals surface area (Å²) in [5.41, 5.74) is 0.446. The fourth-order valence-electron chi connectivity index (χ4n) is 2.14. The summed E-state index contributed by atoms with van der Waals surface area (Å²) in [5.74, 6) is -1.94. The first kappa shape index (κ1) is 14.1. The summed E-state index contributed by atoms with van der Waals surface area (Å²) in [6, 6.07) is 8.95. The molecule has 1 aromatic rings. The number of cyclic esters (lactones) is 1. The molecule has 0 saturated carbocycles. The van der Waals surface area contributed by atoms with Crippen LogP contribution in [0.25, 0.3) is 0 Å². The molecule has 2 aliphatic heterocycles. The van der Waals surface area contributed by atoms with Crippen molar-refractivity contribution < 1.29 is 28.6 Å². The molecule has 2 aliphatic rings. The van der Waals surface area contributed by atoms with Gasteiger partial charge < -0.3 is 19.5 Å². The number of rotatable bonds is 4. The Hall–Kier alpha value is -2.83. The van der Waals surface area contributed by atoms with Gasteiger partial charge in [-0.3, -0.25) is 4.79 Å². The third-order valence-electron chi connectivity index (χ3n) is 3.23. The minimum Gasteiger partial charge on any atom is -0.470 e. The lowest BCUT2D eigenvalue weighted by atomic mass is 10.2. The Labute approximate surface area is 125 Å². The third-order valence-corrected chi connectivity index (χ3v) is 3.23. The predicted octanol–water partition coefficient (Wildman–Crippen LogP) is 0.768. The van der Waals surface area contributed by atoms with Crippen LogP contribution in [0, 0.1) is 0 Å². The van der Waals surface area contributed by atoms with Gasteiger partial charge in [0.1, 0.15) is 0 Å². The van der Waals surface area contributed by atoms with Crippen LogP contribution in [0.4, 0.5) is 5.69 Å². The molecule has 1 atom stereocenters. The van der Waals surface area contributed by atoms with Crippen molar-refractivity contribution >= 4 is 23.4 Å². The van der Waals surface area contributed by atoms with Gasteiger partial charge in [-0.2, -0.15) is 0 Å². The largest absolute Gasteiger partial charge is 0.470 e. The third kappa shape index (κ3) is 2.78. The van der Waals surface area contributed by atoms with Crippen LogP contribution in [-0.4, -0.2) is 37.0 Å². The molecule has 0 aliphatic carbocycles. The van der Waals surface area contributed by atoms with Gasteiger partial charge in [0.05, 0.1) is 6.61 Å². The highest BCUT2D eigenvalue weighted by molar-refractivity contribution is 6.20. The van der Waals surface area contributed by atoms with E-state index in [4.69, 9.17) is 14.2 Å². The summed E-state index contributed by atoms with van der Waals surface area (Å²) in [4.78, 5) is 35.3. The van der Waals surface area contributed by atoms with Crippen molar-refractivity contribution in [2.24, 2.45) is 0 Å². The normalized spacial score (nSPS) is 20.6. The van der Waals surface area contributed by atoms with E-state index in [1.807, 2.05) is 6.07 Å². The molecule has 22 heavy (non-hydrogen) atoms. The van der Waals surface area contributed by atoms with Crippen molar-refractivity contribution in [3.63, 3.8) is 0 Å². The molecule has 0 unspecified atom stereocenters. The molecule has 7 heteroatoms. The van der Waals surface area contributed by atoms with Crippen molar-refractivity contribution in [2.45, 2.75) is 12.5 Å². The Bertz CT molecular complexity index is 651. The van der Waals surface area contributed by atoms with Gasteiger partial charge in [0.25, 0.3) is 0 Å². The minimum absolute atomic E-state index is 0.0348. The first-order valence-corrected chi connectivity index (χ1v) is 6.75. The summed E-state index contributed by atoms with van der Waals surface area (Å²) in [6.07, 6.45) is -0.680. The molecule has 0 amide bonds. The topological polar surface area (TPSA) is 90.9 Å². The number of carbonyl (C=O) groups is 3. The van der Waals surface area contributed by atoms with Crippen LogP contribution in [0.1, 0.15) is 6.42 Å². The Balaban J connectivity index is 1.78. The number of para-hydroxylation sites is 1. The van der Waals surface area contributed by atoms with E-state index in [0.717, 1.165) is 0 Å². The van der Waals surface area contributed by atoms with Crippen LogP contribution in [-0.2, 0) is 28.6 Å². The number of esters is 2. The number of benzene rings is 1. The van der Waals surface area contributed by atoms with Gasteiger partial charge in [0.2, 0.25) is 17.8 Å². The maximum Gasteiger partial charge on any atom is 0.348 e. The van der Waals surface area contributed by atoms with Crippen molar-refractivity contribution in [2.75, 3.05) is 18.5 Å². The SMILES string of the molecule is O=C1COC(Nc2ccccc2)=C1C(=O)O[C@@H]1CCOC1=O. The average Bonchev–Trinajstić information content (AvgIpc) is 3.07. The van der Waals surface area contributed by atoms with E-state index in [1.54, 1.807) is 24.3 Å². The number of ketones is 1. The molecule has 1 fully saturated rings. The van der Waals surface area contributed by atoms with Gasteiger partial charge in [-0.1, -0.05) is 18.2 Å². The molecular weight excluding hydrogens is 290 g/mol. The zero-order valence-corrected chi connectivity index (χ0v) is 11.5. The molecule has 0 bridgehead atoms. The molecule has 114 valence electrons. The van der Waals surface area contributed by atoms with E-state index in [9.17, 15) is 14.4 Å². The quantitative estimate of drug-likeness (QED) is 0.649. The first-order valence-electron chi connectivity index (χ1n) is 6.75. The second-order valence-electron chi connectivity index (χ2n) is 4.76. The van der Waals surface area contributed by atoms with Crippen LogP contribution in [0.3, 0.4) is 0 Å². The van der Waals surface area contributed by atoms with E-state index >= 15 is 0 Å². The van der Waals surface area contributed by atoms with Crippen molar-refractivity contribution in [3.05, 3.63) is 41.8 Å². The van der Waals surface area contributed by atoms with Gasteiger partial charge in [0.15, 0.2) is 12.2 Å². The molecule has 7 nitrogen and oxygen atoms in total. The Morgan fingerprint density at radius 1 is 1.18 bits per heavy atom. The molecule has 0 radical (unpaired) electrons. The number of nitrogens with one attached hydrogen (secondary N) is 1. The number of carbonyl (C=O) groups excluding carboxylic acids is 3. The summed E-state index contributed by atoms with van der Waals surface area (Å²) in [5, 5.41) is 2.86. The highest BCUT2D eigenvalue weighted by atomic mass is 16.6. The van der Waals surface area contributed by atoms with Crippen LogP contribution < -0.4 is 5.32 Å². The van der Waals surface area contributed by atoms with Crippen LogP contribution in [0.15, 0.2) is 41.8 Å². The number of ether oxygens (including phenoxy) is 3. The maximum atomic E-state index is 12.1. The maximum absolute atomic E-state index is 12.1. The number of Topliss-reactive ketones (excluding diaryl/α,β-unsaturated/α-hetero) is 1. The Kier molecular flexibility index (Phi) is 3.78. The molecular formula is C15H13NO6. The number of hydrogen-bond donors (Lipinski definition) is 1. The number of hydrogen-bond acceptors (Lipinski definition) is 7. The van der Waals surface area contributed by atoms with Crippen LogP contribution >= 0.6 is 0 Å². The van der Waals surface area contributed by atoms with Crippen LogP contribution in [0.2, 0.25) is 0 Å². The monoisotopic (exact) mass is 303 g/mol. The zero-order chi connectivity index (χ0) is 15.5. The van der Waals surface area contributed by atoms with Gasteiger partial charge >= 0.3 is 11.9 Å². The molecule has 0 aromatic heterocycles. The summed E-state index contributed by atoms with van der Waals surface area (Å²) in [6.45, 7) is -0.0376. The summed E-state index contributed by atoms with van der Waals surface area (Å²) in [7, 11) is 0. The second kappa shape index (κ2) is 5.88. The van der Waals surface area contributed by atoms with Gasteiger partial charge in [-0.25, -0.2) is 9.59 Å². The highest BCUT2D eigenvalue weighted by Crippen LogP contribution is 2.22. The Morgan fingerprint density at radius 2 is 1.95 bits per heavy atom. The fraction of sp³-hybridized carbons (Fsp3) is 0.267. The minimum atomic E-state index is -0.966. The standard InChI is InChI=1S/C15H13NO6/c17-10-8-21-13(16-9-4-2-1-3-5-9)12(10)15(19)22-11-6-7-20-14(11)18/h1-5,11,16H,6-8H2/t11-/m1/s1. The van der Waals surface area contributed by atoms with Gasteiger partial charge in [-0.15, -0.1) is 0 Å². The molecule has 1 aromatic carbocycles.